The Kier molecular flexibility index (Phi) is 14.4. The highest BCUT2D eigenvalue weighted by Crippen LogP contribution is 2.47. The van der Waals surface area contributed by atoms with Gasteiger partial charge in [-0.15, -0.1) is 0 Å². The Morgan fingerprint density at radius 2 is 1.65 bits per heavy atom. The van der Waals surface area contributed by atoms with Crippen LogP contribution in [-0.4, -0.2) is 125 Å². The van der Waals surface area contributed by atoms with Crippen molar-refractivity contribution in [3.05, 3.63) is 35.9 Å². The van der Waals surface area contributed by atoms with E-state index in [1.54, 1.807) is 25.7 Å². The van der Waals surface area contributed by atoms with E-state index in [1.165, 1.54) is 19.6 Å². The fourth-order valence-electron chi connectivity index (χ4n) is 9.24. The summed E-state index contributed by atoms with van der Waals surface area (Å²) in [5.74, 6) is -4.33. The number of amides is 1. The van der Waals surface area contributed by atoms with Crippen LogP contribution in [0.1, 0.15) is 100.0 Å². The average Bonchev–Trinajstić information content (AvgIpc) is 3.39. The lowest BCUT2D eigenvalue weighted by Crippen LogP contribution is -2.63. The van der Waals surface area contributed by atoms with Gasteiger partial charge in [0.25, 0.3) is 0 Å². The Morgan fingerprint density at radius 1 is 1.00 bits per heavy atom. The SMILES string of the molecule is CC[C@H]1OC(=O)[C@H](C)C(=O)[C@H](C)[C@@H](O[C@@H]2O[C@H](C)C[C@H](N(C)C)[C@H]2O)[C@](C)(OC)C[C@@H](C)[C@](C)(O)[C@H](C)[C@H]2N(CCCCc3ccccc3)C(=O)O[C@]12C. The molecule has 0 aliphatic carbocycles. The molecular formula is C42H68N2O10. The number of aliphatic hydroxyl groups is 2. The number of carbonyl (C=O) groups is 3. The first-order valence-electron chi connectivity index (χ1n) is 19.9. The number of methoxy groups -OCH3 is 1. The number of aliphatic hydroxyl groups excluding tert-OH is 1. The molecule has 3 fully saturated rings. The van der Waals surface area contributed by atoms with Crippen LogP contribution in [0.15, 0.2) is 30.3 Å². The molecule has 0 bridgehead atoms. The number of aryl methyl sites for hydroxylation is 1. The first-order chi connectivity index (χ1) is 25.2. The number of cyclic esters (lactones) is 1. The molecule has 3 aliphatic heterocycles. The Hall–Kier alpha value is -2.61. The summed E-state index contributed by atoms with van der Waals surface area (Å²) in [5, 5.41) is 24.1. The van der Waals surface area contributed by atoms with E-state index < -0.39 is 89.0 Å². The maximum absolute atomic E-state index is 14.3. The first-order valence-corrected chi connectivity index (χ1v) is 19.9. The van der Waals surface area contributed by atoms with Crippen molar-refractivity contribution in [3.8, 4) is 0 Å². The third kappa shape index (κ3) is 8.99. The number of nitrogens with zero attached hydrogens (tertiary/aromatic N) is 2. The number of benzene rings is 1. The quantitative estimate of drug-likeness (QED) is 0.180. The summed E-state index contributed by atoms with van der Waals surface area (Å²) in [6.07, 6.45) is -1.28. The van der Waals surface area contributed by atoms with E-state index in [0.717, 1.165) is 12.8 Å². The molecule has 14 atom stereocenters. The molecule has 0 radical (unpaired) electrons. The summed E-state index contributed by atoms with van der Waals surface area (Å²) in [7, 11) is 5.31. The predicted octanol–water partition coefficient (Wildman–Crippen LogP) is 5.40. The fraction of sp³-hybridized carbons (Fsp3) is 0.786. The minimum Gasteiger partial charge on any atom is -0.458 e. The summed E-state index contributed by atoms with van der Waals surface area (Å²) in [4.78, 5) is 45.8. The number of ketones is 1. The molecule has 12 heteroatoms. The van der Waals surface area contributed by atoms with Gasteiger partial charge in [0.1, 0.15) is 18.1 Å². The van der Waals surface area contributed by atoms with Gasteiger partial charge in [-0.05, 0) is 98.7 Å². The van der Waals surface area contributed by atoms with E-state index in [9.17, 15) is 24.6 Å². The van der Waals surface area contributed by atoms with E-state index in [-0.39, 0.29) is 18.6 Å². The van der Waals surface area contributed by atoms with Gasteiger partial charge in [0.05, 0.1) is 29.5 Å². The van der Waals surface area contributed by atoms with E-state index in [0.29, 0.717) is 25.8 Å². The lowest BCUT2D eigenvalue weighted by molar-refractivity contribution is -0.296. The van der Waals surface area contributed by atoms with Gasteiger partial charge >= 0.3 is 12.1 Å². The topological polar surface area (TPSA) is 144 Å². The van der Waals surface area contributed by atoms with Gasteiger partial charge in [-0.1, -0.05) is 58.0 Å². The van der Waals surface area contributed by atoms with Gasteiger partial charge in [-0.2, -0.15) is 0 Å². The standard InChI is InChI=1S/C42H68N2O10/c1-13-32-42(9)35(44(39(48)54-42)22-18-17-21-30-19-15-14-16-20-30)29(6)41(8,49)25(2)24-40(7,50-12)36(27(4)33(45)28(5)37(47)52-32)53-38-34(46)31(43(10)11)23-26(3)51-38/h14-16,19-20,25-29,31-32,34-36,38,46,49H,13,17-18,21-24H2,1-12H3/t25-,26-,27+,28-,29-,31+,32-,34-,35-,36-,38+,40-,41+,42-/m1/s1. The number of esters is 1. The number of unbranched alkanes of at least 4 members (excludes halogenated alkanes) is 1. The van der Waals surface area contributed by atoms with Gasteiger partial charge in [-0.25, -0.2) is 4.79 Å². The zero-order chi connectivity index (χ0) is 40.3. The Labute approximate surface area is 323 Å². The normalized spacial score (nSPS) is 41.3. The van der Waals surface area contributed by atoms with Gasteiger partial charge in [-0.3, -0.25) is 9.59 Å². The Bertz CT molecular complexity index is 1420. The molecule has 0 aromatic heterocycles. The first kappa shape index (κ1) is 44.1. The largest absolute Gasteiger partial charge is 0.458 e. The number of hydrogen-bond donors (Lipinski definition) is 2. The van der Waals surface area contributed by atoms with Crippen molar-refractivity contribution in [2.45, 2.75) is 160 Å². The molecule has 0 unspecified atom stereocenters. The molecule has 12 nitrogen and oxygen atoms in total. The second kappa shape index (κ2) is 17.7. The highest BCUT2D eigenvalue weighted by atomic mass is 16.7. The van der Waals surface area contributed by atoms with E-state index >= 15 is 0 Å². The maximum atomic E-state index is 14.3. The number of rotatable bonds is 10. The summed E-state index contributed by atoms with van der Waals surface area (Å²) in [5.41, 5.74) is -2.75. The molecule has 3 aliphatic rings. The highest BCUT2D eigenvalue weighted by molar-refractivity contribution is 6.00. The van der Waals surface area contributed by atoms with Gasteiger partial charge in [0, 0.05) is 31.5 Å². The van der Waals surface area contributed by atoms with Crippen LogP contribution < -0.4 is 0 Å². The minimum atomic E-state index is -1.43. The number of likely N-dealkylation sites (N-methyl/N-ethyl adjacent to an activating group) is 1. The number of fused-ring (bicyclic) bond motifs is 1. The molecule has 4 rings (SSSR count). The van der Waals surface area contributed by atoms with Gasteiger partial charge < -0.3 is 43.7 Å². The molecule has 0 saturated carbocycles. The van der Waals surface area contributed by atoms with Crippen LogP contribution in [0.4, 0.5) is 4.79 Å². The molecule has 1 amide bonds. The maximum Gasteiger partial charge on any atom is 0.410 e. The number of hydrogen-bond acceptors (Lipinski definition) is 11. The van der Waals surface area contributed by atoms with Crippen LogP contribution in [0, 0.1) is 23.7 Å². The zero-order valence-electron chi connectivity index (χ0n) is 34.7. The summed E-state index contributed by atoms with van der Waals surface area (Å²) < 4.78 is 31.4. The zero-order valence-corrected chi connectivity index (χ0v) is 34.7. The van der Waals surface area contributed by atoms with Crippen LogP contribution in [0.2, 0.25) is 0 Å². The third-order valence-corrected chi connectivity index (χ3v) is 13.1. The Morgan fingerprint density at radius 3 is 2.24 bits per heavy atom. The fourth-order valence-corrected chi connectivity index (χ4v) is 9.24. The average molecular weight is 761 g/mol. The minimum absolute atomic E-state index is 0.226. The number of carbonyl (C=O) groups excluding carboxylic acids is 3. The highest BCUT2D eigenvalue weighted by Gasteiger charge is 2.62. The molecule has 1 aromatic rings. The molecule has 306 valence electrons. The van der Waals surface area contributed by atoms with Crippen molar-refractivity contribution in [2.24, 2.45) is 23.7 Å². The van der Waals surface area contributed by atoms with Crippen molar-refractivity contribution in [2.75, 3.05) is 27.7 Å². The molecule has 54 heavy (non-hydrogen) atoms. The van der Waals surface area contributed by atoms with Crippen molar-refractivity contribution < 1.29 is 48.3 Å². The van der Waals surface area contributed by atoms with Crippen LogP contribution >= 0.6 is 0 Å². The summed E-state index contributed by atoms with van der Waals surface area (Å²) in [6, 6.07) is 9.24. The molecule has 0 spiro atoms. The molecule has 3 heterocycles. The van der Waals surface area contributed by atoms with Crippen LogP contribution in [-0.2, 0) is 39.7 Å². The van der Waals surface area contributed by atoms with Crippen molar-refractivity contribution in [1.82, 2.24) is 9.80 Å². The van der Waals surface area contributed by atoms with Crippen molar-refractivity contribution >= 4 is 17.8 Å². The number of Topliss-reactive ketones (excluding diaryl/α,β-unsaturated/α-hetero) is 1. The van der Waals surface area contributed by atoms with Gasteiger partial charge in [0.2, 0.25) is 0 Å². The van der Waals surface area contributed by atoms with E-state index in [1.807, 2.05) is 71.8 Å². The van der Waals surface area contributed by atoms with Crippen LogP contribution in [0.25, 0.3) is 0 Å². The van der Waals surface area contributed by atoms with E-state index in [2.05, 4.69) is 12.1 Å². The summed E-state index contributed by atoms with van der Waals surface area (Å²) >= 11 is 0. The second-order valence-corrected chi connectivity index (χ2v) is 17.1. The van der Waals surface area contributed by atoms with Crippen LogP contribution in [0.3, 0.4) is 0 Å². The van der Waals surface area contributed by atoms with Crippen molar-refractivity contribution in [1.29, 1.82) is 0 Å². The lowest BCUT2D eigenvalue weighted by Gasteiger charge is -2.50. The molecule has 2 N–H and O–H groups in total. The predicted molar refractivity (Wildman–Crippen MR) is 205 cm³/mol. The monoisotopic (exact) mass is 760 g/mol. The lowest BCUT2D eigenvalue weighted by atomic mass is 9.67. The van der Waals surface area contributed by atoms with Gasteiger partial charge in [0.15, 0.2) is 17.7 Å². The smallest absolute Gasteiger partial charge is 0.410 e. The molecule has 1 aromatic carbocycles. The third-order valence-electron chi connectivity index (χ3n) is 13.1. The molecule has 3 saturated heterocycles. The Balaban J connectivity index is 1.75. The van der Waals surface area contributed by atoms with E-state index in [4.69, 9.17) is 23.7 Å². The number of ether oxygens (including phenoxy) is 5. The molecular weight excluding hydrogens is 692 g/mol. The summed E-state index contributed by atoms with van der Waals surface area (Å²) in [6.45, 7) is 16.6. The van der Waals surface area contributed by atoms with Crippen LogP contribution in [0.5, 0.6) is 0 Å². The second-order valence-electron chi connectivity index (χ2n) is 17.1. The van der Waals surface area contributed by atoms with Crippen molar-refractivity contribution in [3.63, 3.8) is 0 Å².